The molecule has 0 radical (unpaired) electrons. The molecule has 0 aliphatic rings. The van der Waals surface area contributed by atoms with E-state index in [2.05, 4.69) is 31.3 Å². The van der Waals surface area contributed by atoms with Crippen molar-refractivity contribution in [2.45, 2.75) is 39.5 Å². The first kappa shape index (κ1) is 23.0. The summed E-state index contributed by atoms with van der Waals surface area (Å²) in [4.78, 5) is 24.1. The van der Waals surface area contributed by atoms with Gasteiger partial charge in [-0.3, -0.25) is 4.79 Å². The lowest BCUT2D eigenvalue weighted by Crippen LogP contribution is -2.20. The number of ether oxygens (including phenoxy) is 1. The Balaban J connectivity index is 1.57. The number of nitrogens with zero attached hydrogens (tertiary/aromatic N) is 1. The van der Waals surface area contributed by atoms with Gasteiger partial charge >= 0.3 is 5.97 Å². The second-order valence-electron chi connectivity index (χ2n) is 8.42. The Morgan fingerprint density at radius 3 is 2.50 bits per heavy atom. The second kappa shape index (κ2) is 10.1. The summed E-state index contributed by atoms with van der Waals surface area (Å²) < 4.78 is 10.8. The van der Waals surface area contributed by atoms with E-state index in [1.165, 1.54) is 11.8 Å². The fourth-order valence-corrected chi connectivity index (χ4v) is 3.11. The molecule has 3 rings (SSSR count). The van der Waals surface area contributed by atoms with Gasteiger partial charge in [0.15, 0.2) is 0 Å². The predicted octanol–water partition coefficient (Wildman–Crippen LogP) is 5.11. The number of benzene rings is 2. The molecule has 32 heavy (non-hydrogen) atoms. The zero-order valence-corrected chi connectivity index (χ0v) is 18.8. The number of hydrazone groups is 1. The predicted molar refractivity (Wildman–Crippen MR) is 125 cm³/mol. The molecule has 6 nitrogen and oxygen atoms in total. The highest BCUT2D eigenvalue weighted by Crippen LogP contribution is 2.23. The molecule has 0 atom stereocenters. The van der Waals surface area contributed by atoms with Crippen LogP contribution in [0.15, 0.2) is 70.2 Å². The van der Waals surface area contributed by atoms with Crippen LogP contribution in [0.1, 0.15) is 54.9 Å². The van der Waals surface area contributed by atoms with Gasteiger partial charge in [-0.15, -0.1) is 0 Å². The van der Waals surface area contributed by atoms with Gasteiger partial charge in [0.2, 0.25) is 5.91 Å². The molecule has 166 valence electrons. The number of furan rings is 1. The summed E-state index contributed by atoms with van der Waals surface area (Å²) in [5, 5.41) is 3.98. The Morgan fingerprint density at radius 1 is 1.06 bits per heavy atom. The lowest BCUT2D eigenvalue weighted by molar-refractivity contribution is -0.120. The number of esters is 1. The van der Waals surface area contributed by atoms with Crippen LogP contribution in [-0.4, -0.2) is 24.7 Å². The van der Waals surface area contributed by atoms with E-state index in [-0.39, 0.29) is 23.7 Å². The molecule has 1 heterocycles. The molecule has 6 heteroatoms. The molecular formula is C26H28N2O4. The third-order valence-corrected chi connectivity index (χ3v) is 4.85. The van der Waals surface area contributed by atoms with Crippen molar-refractivity contribution in [3.05, 3.63) is 83.1 Å². The summed E-state index contributed by atoms with van der Waals surface area (Å²) in [5.74, 6) is 0.483. The minimum absolute atomic E-state index is 0.0765. The molecule has 0 aliphatic heterocycles. The lowest BCUT2D eigenvalue weighted by atomic mass is 9.86. The van der Waals surface area contributed by atoms with Gasteiger partial charge in [0, 0.05) is 5.56 Å². The molecule has 1 N–H and O–H groups in total. The molecule has 1 amide bonds. The summed E-state index contributed by atoms with van der Waals surface area (Å²) in [7, 11) is 0. The molecule has 0 spiro atoms. The van der Waals surface area contributed by atoms with Crippen LogP contribution in [0.25, 0.3) is 11.3 Å². The number of carbonyl (C=O) groups excluding carboxylic acids is 2. The van der Waals surface area contributed by atoms with E-state index in [0.717, 1.165) is 11.1 Å². The third kappa shape index (κ3) is 6.17. The van der Waals surface area contributed by atoms with Gasteiger partial charge in [-0.05, 0) is 47.7 Å². The van der Waals surface area contributed by atoms with Crippen LogP contribution >= 0.6 is 0 Å². The molecular weight excluding hydrogens is 404 g/mol. The van der Waals surface area contributed by atoms with Crippen molar-refractivity contribution in [2.24, 2.45) is 5.10 Å². The topological polar surface area (TPSA) is 80.9 Å². The molecule has 0 bridgehead atoms. The van der Waals surface area contributed by atoms with Crippen LogP contribution in [0.5, 0.6) is 0 Å². The van der Waals surface area contributed by atoms with Crippen molar-refractivity contribution in [3.8, 4) is 11.3 Å². The molecule has 0 fully saturated rings. The van der Waals surface area contributed by atoms with Gasteiger partial charge in [-0.1, -0.05) is 57.2 Å². The highest BCUT2D eigenvalue weighted by Gasteiger charge is 2.13. The number of carbonyl (C=O) groups is 2. The van der Waals surface area contributed by atoms with E-state index in [4.69, 9.17) is 9.15 Å². The zero-order chi connectivity index (χ0) is 23.1. The first-order valence-corrected chi connectivity index (χ1v) is 10.5. The molecule has 0 saturated heterocycles. The number of rotatable bonds is 7. The van der Waals surface area contributed by atoms with Gasteiger partial charge in [0.1, 0.15) is 11.5 Å². The minimum Gasteiger partial charge on any atom is -0.462 e. The van der Waals surface area contributed by atoms with Crippen LogP contribution < -0.4 is 5.43 Å². The Hall–Kier alpha value is -3.67. The molecule has 0 saturated carbocycles. The maximum Gasteiger partial charge on any atom is 0.338 e. The minimum atomic E-state index is -0.376. The van der Waals surface area contributed by atoms with E-state index in [1.807, 2.05) is 30.3 Å². The fraction of sp³-hybridized carbons (Fsp3) is 0.269. The smallest absolute Gasteiger partial charge is 0.338 e. The van der Waals surface area contributed by atoms with Crippen molar-refractivity contribution in [3.63, 3.8) is 0 Å². The fourth-order valence-electron chi connectivity index (χ4n) is 3.11. The van der Waals surface area contributed by atoms with Gasteiger partial charge in [-0.2, -0.15) is 5.10 Å². The van der Waals surface area contributed by atoms with Crippen molar-refractivity contribution in [1.29, 1.82) is 0 Å². The second-order valence-corrected chi connectivity index (χ2v) is 8.42. The van der Waals surface area contributed by atoms with Crippen LogP contribution in [0, 0.1) is 0 Å². The third-order valence-electron chi connectivity index (χ3n) is 4.85. The standard InChI is InChI=1S/C26H28N2O4/c1-5-31-25(30)20-8-6-7-19(16-20)23-14-13-22(32-23)17-27-28-24(29)15-18-9-11-21(12-10-18)26(2,3)4/h6-14,16-17H,5,15H2,1-4H3,(H,28,29). The summed E-state index contributed by atoms with van der Waals surface area (Å²) in [6, 6.07) is 18.6. The van der Waals surface area contributed by atoms with E-state index in [9.17, 15) is 9.59 Å². The average molecular weight is 433 g/mol. The molecule has 1 aromatic heterocycles. The summed E-state index contributed by atoms with van der Waals surface area (Å²) in [6.45, 7) is 8.54. The van der Waals surface area contributed by atoms with E-state index in [1.54, 1.807) is 37.3 Å². The number of hydrogen-bond donors (Lipinski definition) is 1. The Bertz CT molecular complexity index is 1110. The van der Waals surface area contributed by atoms with Crippen LogP contribution in [0.3, 0.4) is 0 Å². The van der Waals surface area contributed by atoms with Crippen LogP contribution in [0.4, 0.5) is 0 Å². The summed E-state index contributed by atoms with van der Waals surface area (Å²) >= 11 is 0. The maximum atomic E-state index is 12.2. The van der Waals surface area contributed by atoms with Gasteiger partial charge in [0.25, 0.3) is 0 Å². The van der Waals surface area contributed by atoms with Crippen molar-refractivity contribution >= 4 is 18.1 Å². The van der Waals surface area contributed by atoms with Crippen LogP contribution in [0.2, 0.25) is 0 Å². The first-order chi connectivity index (χ1) is 15.3. The normalized spacial score (nSPS) is 11.5. The van der Waals surface area contributed by atoms with E-state index < -0.39 is 0 Å². The van der Waals surface area contributed by atoms with Gasteiger partial charge in [-0.25, -0.2) is 10.2 Å². The van der Waals surface area contributed by atoms with E-state index >= 15 is 0 Å². The molecule has 0 unspecified atom stereocenters. The first-order valence-electron chi connectivity index (χ1n) is 10.5. The quantitative estimate of drug-likeness (QED) is 0.319. The molecule has 3 aromatic rings. The maximum absolute atomic E-state index is 12.2. The molecule has 2 aromatic carbocycles. The average Bonchev–Trinajstić information content (AvgIpc) is 3.23. The summed E-state index contributed by atoms with van der Waals surface area (Å²) in [5.41, 5.74) is 5.95. The SMILES string of the molecule is CCOC(=O)c1cccc(-c2ccc(C=NNC(=O)Cc3ccc(C(C)(C)C)cc3)o2)c1. The number of amides is 1. The Labute approximate surface area is 188 Å². The highest BCUT2D eigenvalue weighted by atomic mass is 16.5. The lowest BCUT2D eigenvalue weighted by Gasteiger charge is -2.19. The zero-order valence-electron chi connectivity index (χ0n) is 18.8. The number of hydrogen-bond acceptors (Lipinski definition) is 5. The molecule has 0 aliphatic carbocycles. The van der Waals surface area contributed by atoms with Crippen molar-refractivity contribution in [1.82, 2.24) is 5.43 Å². The van der Waals surface area contributed by atoms with E-state index in [0.29, 0.717) is 23.7 Å². The monoisotopic (exact) mass is 432 g/mol. The Morgan fingerprint density at radius 2 is 1.81 bits per heavy atom. The Kier molecular flexibility index (Phi) is 7.25. The van der Waals surface area contributed by atoms with Gasteiger partial charge in [0.05, 0.1) is 24.8 Å². The van der Waals surface area contributed by atoms with Crippen LogP contribution in [-0.2, 0) is 21.4 Å². The van der Waals surface area contributed by atoms with Crippen molar-refractivity contribution < 1.29 is 18.7 Å². The van der Waals surface area contributed by atoms with Crippen molar-refractivity contribution in [2.75, 3.05) is 6.61 Å². The van der Waals surface area contributed by atoms with Gasteiger partial charge < -0.3 is 9.15 Å². The highest BCUT2D eigenvalue weighted by molar-refractivity contribution is 5.91. The summed E-state index contributed by atoms with van der Waals surface area (Å²) in [6.07, 6.45) is 1.69. The largest absolute Gasteiger partial charge is 0.462 e. The number of nitrogens with one attached hydrogen (secondary N) is 1.